The SMILES string of the molecule is OC1(c2cccc(-c3[c-]cccc3)n2)c2ccccc2-c2ccccc21.[Pd].c1ccc([PH+](c2ccccc2)c2ccccc2)cc1. The van der Waals surface area contributed by atoms with Crippen LogP contribution >= 0.6 is 7.92 Å². The van der Waals surface area contributed by atoms with Crippen LogP contribution in [-0.2, 0) is 26.0 Å². The molecule has 0 aliphatic heterocycles. The van der Waals surface area contributed by atoms with Gasteiger partial charge in [-0.1, -0.05) is 115 Å². The normalized spacial score (nSPS) is 12.2. The van der Waals surface area contributed by atoms with E-state index in [1.54, 1.807) is 0 Å². The van der Waals surface area contributed by atoms with E-state index >= 15 is 0 Å². The van der Waals surface area contributed by atoms with Crippen LogP contribution in [-0.4, -0.2) is 10.1 Å². The van der Waals surface area contributed by atoms with E-state index in [2.05, 4.69) is 109 Å². The van der Waals surface area contributed by atoms with Gasteiger partial charge >= 0.3 is 0 Å². The first-order chi connectivity index (χ1) is 22.2. The molecular weight excluding hydrogens is 672 g/mol. The first kappa shape index (κ1) is 31.5. The van der Waals surface area contributed by atoms with Gasteiger partial charge in [-0.2, -0.15) is 0 Å². The first-order valence-corrected chi connectivity index (χ1v) is 16.6. The Labute approximate surface area is 285 Å². The number of fused-ring (bicyclic) bond motifs is 3. The molecule has 7 aromatic rings. The van der Waals surface area contributed by atoms with Crippen molar-refractivity contribution < 1.29 is 25.5 Å². The number of hydrogen-bond acceptors (Lipinski definition) is 2. The number of benzene rings is 6. The Balaban J connectivity index is 0.000000166. The number of nitrogens with zero attached hydrogens (tertiary/aromatic N) is 1. The summed E-state index contributed by atoms with van der Waals surface area (Å²) in [6.07, 6.45) is 0. The zero-order chi connectivity index (χ0) is 30.5. The van der Waals surface area contributed by atoms with Gasteiger partial charge in [0.1, 0.15) is 15.9 Å². The summed E-state index contributed by atoms with van der Waals surface area (Å²) in [5, 5.41) is 16.2. The quantitative estimate of drug-likeness (QED) is 0.112. The van der Waals surface area contributed by atoms with Crippen molar-refractivity contribution in [3.05, 3.63) is 205 Å². The summed E-state index contributed by atoms with van der Waals surface area (Å²) in [5.74, 6) is 0. The molecule has 1 aliphatic carbocycles. The minimum atomic E-state index is -1.25. The van der Waals surface area contributed by atoms with Gasteiger partial charge in [-0.15, -0.1) is 35.9 Å². The van der Waals surface area contributed by atoms with Gasteiger partial charge in [0.2, 0.25) is 0 Å². The number of aromatic nitrogens is 1. The largest absolute Gasteiger partial charge is 0.374 e. The minimum absolute atomic E-state index is 0. The fourth-order valence-electron chi connectivity index (χ4n) is 6.14. The monoisotopic (exact) mass is 703 g/mol. The van der Waals surface area contributed by atoms with Crippen molar-refractivity contribution in [1.29, 1.82) is 0 Å². The fraction of sp³-hybridized carbons (Fsp3) is 0.0238. The van der Waals surface area contributed by atoms with E-state index in [-0.39, 0.29) is 20.4 Å². The molecule has 0 radical (unpaired) electrons. The summed E-state index contributed by atoms with van der Waals surface area (Å²) < 4.78 is 0. The van der Waals surface area contributed by atoms with Crippen molar-refractivity contribution in [3.8, 4) is 22.4 Å². The van der Waals surface area contributed by atoms with Gasteiger partial charge in [0, 0.05) is 31.5 Å². The second kappa shape index (κ2) is 14.3. The van der Waals surface area contributed by atoms with Crippen molar-refractivity contribution in [2.24, 2.45) is 0 Å². The van der Waals surface area contributed by atoms with Crippen LogP contribution in [0.15, 0.2) is 182 Å². The van der Waals surface area contributed by atoms with E-state index < -0.39 is 13.5 Å². The summed E-state index contributed by atoms with van der Waals surface area (Å²) in [4.78, 5) is 4.81. The van der Waals surface area contributed by atoms with Crippen LogP contribution in [0.5, 0.6) is 0 Å². The van der Waals surface area contributed by atoms with Crippen LogP contribution < -0.4 is 15.9 Å². The molecule has 6 aromatic carbocycles. The van der Waals surface area contributed by atoms with E-state index in [9.17, 15) is 5.11 Å². The van der Waals surface area contributed by atoms with Crippen LogP contribution in [0.25, 0.3) is 22.4 Å². The van der Waals surface area contributed by atoms with Crippen LogP contribution in [0.2, 0.25) is 0 Å². The van der Waals surface area contributed by atoms with Crippen molar-refractivity contribution in [3.63, 3.8) is 0 Å². The third-order valence-corrected chi connectivity index (χ3v) is 10.9. The zero-order valence-electron chi connectivity index (χ0n) is 25.0. The molecule has 46 heavy (non-hydrogen) atoms. The molecule has 0 unspecified atom stereocenters. The number of pyridine rings is 1. The fourth-order valence-corrected chi connectivity index (χ4v) is 8.72. The molecule has 4 heteroatoms. The van der Waals surface area contributed by atoms with Crippen molar-refractivity contribution in [1.82, 2.24) is 4.98 Å². The van der Waals surface area contributed by atoms with Crippen LogP contribution in [0.3, 0.4) is 0 Å². The van der Waals surface area contributed by atoms with E-state index in [4.69, 9.17) is 4.98 Å². The van der Waals surface area contributed by atoms with E-state index in [0.717, 1.165) is 33.5 Å². The van der Waals surface area contributed by atoms with E-state index in [0.29, 0.717) is 5.69 Å². The molecule has 226 valence electrons. The Hall–Kier alpha value is -4.48. The summed E-state index contributed by atoms with van der Waals surface area (Å²) in [7, 11) is -0.877. The van der Waals surface area contributed by atoms with Gasteiger partial charge in [0.15, 0.2) is 5.60 Å². The maximum atomic E-state index is 11.9. The molecule has 0 amide bonds. The molecule has 1 N–H and O–H groups in total. The topological polar surface area (TPSA) is 33.1 Å². The Morgan fingerprint density at radius 3 is 1.41 bits per heavy atom. The van der Waals surface area contributed by atoms with Crippen molar-refractivity contribution in [2.45, 2.75) is 5.60 Å². The maximum Gasteiger partial charge on any atom is 0.157 e. The molecule has 1 heterocycles. The van der Waals surface area contributed by atoms with Gasteiger partial charge in [-0.3, -0.25) is 4.98 Å². The average molecular weight is 704 g/mol. The van der Waals surface area contributed by atoms with Crippen LogP contribution in [0.4, 0.5) is 0 Å². The zero-order valence-corrected chi connectivity index (χ0v) is 27.6. The van der Waals surface area contributed by atoms with Crippen LogP contribution in [0, 0.1) is 6.07 Å². The number of rotatable bonds is 5. The molecule has 0 atom stereocenters. The summed E-state index contributed by atoms with van der Waals surface area (Å²) in [6, 6.07) is 65.3. The Morgan fingerprint density at radius 2 is 0.935 bits per heavy atom. The number of hydrogen-bond donors (Lipinski definition) is 1. The standard InChI is InChI=1S/C24H16NO.C18H15P.Pd/c26-24(23-16-8-15-22(25-23)17-9-2-1-3-10-17)20-13-6-4-11-18(20)19-12-5-7-14-21(19)24;1-4-10-16(11-5-1)19(17-12-6-2-7-13-17)18-14-8-3-9-15-18;/h1-9,11-16,26H;1-15H;/q-1;;/p+1. The molecule has 0 bridgehead atoms. The van der Waals surface area contributed by atoms with E-state index in [1.807, 2.05) is 78.9 Å². The molecule has 2 nitrogen and oxygen atoms in total. The predicted molar refractivity (Wildman–Crippen MR) is 189 cm³/mol. The summed E-state index contributed by atoms with van der Waals surface area (Å²) >= 11 is 0. The Bertz CT molecular complexity index is 1880. The first-order valence-electron chi connectivity index (χ1n) is 15.1. The molecule has 0 saturated carbocycles. The summed E-state index contributed by atoms with van der Waals surface area (Å²) in [5.41, 5.74) is 4.97. The molecule has 1 aromatic heterocycles. The molecule has 1 aliphatic rings. The van der Waals surface area contributed by atoms with Crippen LogP contribution in [0.1, 0.15) is 16.8 Å². The molecule has 8 rings (SSSR count). The predicted octanol–water partition coefficient (Wildman–Crippen LogP) is 7.99. The van der Waals surface area contributed by atoms with Gasteiger partial charge in [-0.25, -0.2) is 0 Å². The van der Waals surface area contributed by atoms with Crippen molar-refractivity contribution >= 4 is 23.8 Å². The van der Waals surface area contributed by atoms with Gasteiger partial charge in [0.25, 0.3) is 0 Å². The Kier molecular flexibility index (Phi) is 9.80. The molecular formula is C42H32NOPPd. The van der Waals surface area contributed by atoms with Crippen molar-refractivity contribution in [2.75, 3.05) is 0 Å². The molecule has 0 saturated heterocycles. The van der Waals surface area contributed by atoms with Gasteiger partial charge < -0.3 is 5.11 Å². The third kappa shape index (κ3) is 6.17. The van der Waals surface area contributed by atoms with E-state index in [1.165, 1.54) is 15.9 Å². The maximum absolute atomic E-state index is 11.9. The Morgan fingerprint density at radius 1 is 0.478 bits per heavy atom. The molecule has 0 fully saturated rings. The second-order valence-corrected chi connectivity index (χ2v) is 13.4. The second-order valence-electron chi connectivity index (χ2n) is 11.0. The molecule has 0 spiro atoms. The minimum Gasteiger partial charge on any atom is -0.374 e. The number of aliphatic hydroxyl groups is 1. The van der Waals surface area contributed by atoms with Gasteiger partial charge in [-0.05, 0) is 59.3 Å². The third-order valence-electron chi connectivity index (χ3n) is 8.22. The van der Waals surface area contributed by atoms with Gasteiger partial charge in [0.05, 0.1) is 13.6 Å². The smallest absolute Gasteiger partial charge is 0.157 e. The average Bonchev–Trinajstić information content (AvgIpc) is 3.40. The summed E-state index contributed by atoms with van der Waals surface area (Å²) in [6.45, 7) is 0.